The van der Waals surface area contributed by atoms with Crippen molar-refractivity contribution in [2.45, 2.75) is 45.1 Å². The van der Waals surface area contributed by atoms with Crippen LogP contribution in [-0.4, -0.2) is 11.6 Å². The lowest BCUT2D eigenvalue weighted by molar-refractivity contribution is 0.243. The van der Waals surface area contributed by atoms with Gasteiger partial charge in [-0.1, -0.05) is 25.0 Å². The molecule has 0 aromatic carbocycles. The fraction of sp³-hybridized carbons (Fsp3) is 0.727. The summed E-state index contributed by atoms with van der Waals surface area (Å²) in [6, 6.07) is 0. The third kappa shape index (κ3) is 2.07. The molecule has 1 saturated carbocycles. The van der Waals surface area contributed by atoms with Gasteiger partial charge in [0.1, 0.15) is 0 Å². The van der Waals surface area contributed by atoms with E-state index in [1.165, 1.54) is 6.42 Å². The molecule has 72 valence electrons. The Kier molecular flexibility index (Phi) is 3.05. The summed E-state index contributed by atoms with van der Waals surface area (Å²) in [5.41, 5.74) is 0.910. The summed E-state index contributed by atoms with van der Waals surface area (Å²) in [6.07, 6.45) is 6.17. The van der Waals surface area contributed by atoms with E-state index in [1.807, 2.05) is 13.8 Å². The van der Waals surface area contributed by atoms with Crippen LogP contribution in [0.4, 0.5) is 0 Å². The Morgan fingerprint density at radius 3 is 2.85 bits per heavy atom. The molecule has 1 fully saturated rings. The molecule has 0 aromatic rings. The van der Waals surface area contributed by atoms with Crippen LogP contribution in [0.3, 0.4) is 0 Å². The highest BCUT2D eigenvalue weighted by atomic mass is 16.1. The third-order valence-corrected chi connectivity index (χ3v) is 3.07. The topological polar surface area (TPSA) is 29.4 Å². The molecular weight excluding hydrogens is 162 g/mol. The molecule has 0 saturated heterocycles. The van der Waals surface area contributed by atoms with Crippen LogP contribution < -0.4 is 0 Å². The number of hydrogen-bond donors (Lipinski definition) is 0. The molecule has 13 heavy (non-hydrogen) atoms. The maximum absolute atomic E-state index is 10.3. The fourth-order valence-corrected chi connectivity index (χ4v) is 2.33. The lowest BCUT2D eigenvalue weighted by Gasteiger charge is -2.37. The Labute approximate surface area is 79.8 Å². The molecule has 0 N–H and O–H groups in total. The molecule has 1 rings (SSSR count). The molecule has 2 unspecified atom stereocenters. The normalized spacial score (nSPS) is 33.5. The molecule has 0 radical (unpaired) electrons. The lowest BCUT2D eigenvalue weighted by Crippen LogP contribution is -2.36. The largest absolute Gasteiger partial charge is 0.235 e. The van der Waals surface area contributed by atoms with Gasteiger partial charge in [0, 0.05) is 5.92 Å². The summed E-state index contributed by atoms with van der Waals surface area (Å²) < 4.78 is 0. The zero-order valence-corrected chi connectivity index (χ0v) is 8.47. The minimum Gasteiger partial charge on any atom is -0.211 e. The number of rotatable bonds is 2. The van der Waals surface area contributed by atoms with E-state index in [1.54, 1.807) is 6.08 Å². The first-order valence-corrected chi connectivity index (χ1v) is 4.84. The molecule has 2 heteroatoms. The van der Waals surface area contributed by atoms with Crippen LogP contribution in [-0.2, 0) is 4.79 Å². The SMILES string of the molecule is C=C(C)C1CCCCC1(C)N=C=O. The zero-order chi connectivity index (χ0) is 9.90. The first-order chi connectivity index (χ1) is 6.10. The summed E-state index contributed by atoms with van der Waals surface area (Å²) in [6.45, 7) is 8.03. The highest BCUT2D eigenvalue weighted by molar-refractivity contribution is 5.35. The van der Waals surface area contributed by atoms with E-state index in [2.05, 4.69) is 11.6 Å². The number of hydrogen-bond acceptors (Lipinski definition) is 2. The number of isocyanates is 1. The quantitative estimate of drug-likeness (QED) is 0.364. The van der Waals surface area contributed by atoms with E-state index in [0.717, 1.165) is 24.8 Å². The minimum absolute atomic E-state index is 0.230. The Hall–Kier alpha value is -0.880. The van der Waals surface area contributed by atoms with Gasteiger partial charge in [0.25, 0.3) is 0 Å². The molecular formula is C11H17NO. The molecule has 2 nitrogen and oxygen atoms in total. The first-order valence-electron chi connectivity index (χ1n) is 4.84. The van der Waals surface area contributed by atoms with E-state index in [0.29, 0.717) is 5.92 Å². The van der Waals surface area contributed by atoms with Crippen molar-refractivity contribution in [1.29, 1.82) is 0 Å². The molecule has 0 aromatic heterocycles. The molecule has 1 aliphatic rings. The highest BCUT2D eigenvalue weighted by Crippen LogP contribution is 2.39. The standard InChI is InChI=1S/C11H17NO/c1-9(2)10-6-4-5-7-11(10,3)12-8-13/h10H,1,4-7H2,2-3H3. The highest BCUT2D eigenvalue weighted by Gasteiger charge is 2.36. The molecule has 0 amide bonds. The maximum Gasteiger partial charge on any atom is 0.235 e. The van der Waals surface area contributed by atoms with Crippen molar-refractivity contribution in [2.75, 3.05) is 0 Å². The smallest absolute Gasteiger partial charge is 0.211 e. The van der Waals surface area contributed by atoms with Crippen LogP contribution in [0, 0.1) is 5.92 Å². The van der Waals surface area contributed by atoms with E-state index in [-0.39, 0.29) is 5.54 Å². The van der Waals surface area contributed by atoms with Crippen molar-refractivity contribution in [3.05, 3.63) is 12.2 Å². The average molecular weight is 179 g/mol. The van der Waals surface area contributed by atoms with Gasteiger partial charge >= 0.3 is 0 Å². The van der Waals surface area contributed by atoms with Crippen molar-refractivity contribution in [3.8, 4) is 0 Å². The molecule has 0 spiro atoms. The summed E-state index contributed by atoms with van der Waals surface area (Å²) in [7, 11) is 0. The zero-order valence-electron chi connectivity index (χ0n) is 8.47. The Bertz CT molecular complexity index is 253. The van der Waals surface area contributed by atoms with Crippen molar-refractivity contribution >= 4 is 6.08 Å². The van der Waals surface area contributed by atoms with E-state index < -0.39 is 0 Å². The van der Waals surface area contributed by atoms with Crippen LogP contribution in [0.5, 0.6) is 0 Å². The van der Waals surface area contributed by atoms with Gasteiger partial charge in [-0.2, -0.15) is 4.99 Å². The van der Waals surface area contributed by atoms with E-state index >= 15 is 0 Å². The second-order valence-electron chi connectivity index (χ2n) is 4.20. The average Bonchev–Trinajstić information content (AvgIpc) is 2.04. The Morgan fingerprint density at radius 2 is 2.31 bits per heavy atom. The molecule has 2 atom stereocenters. The summed E-state index contributed by atoms with van der Waals surface area (Å²) in [5.74, 6) is 0.364. The van der Waals surface area contributed by atoms with Crippen LogP contribution in [0.25, 0.3) is 0 Å². The van der Waals surface area contributed by atoms with Gasteiger partial charge in [-0.25, -0.2) is 4.79 Å². The minimum atomic E-state index is -0.230. The number of nitrogens with zero attached hydrogens (tertiary/aromatic N) is 1. The second kappa shape index (κ2) is 3.89. The van der Waals surface area contributed by atoms with Gasteiger partial charge in [0.15, 0.2) is 0 Å². The monoisotopic (exact) mass is 179 g/mol. The molecule has 0 heterocycles. The molecule has 0 bridgehead atoms. The van der Waals surface area contributed by atoms with Gasteiger partial charge in [0.05, 0.1) is 5.54 Å². The summed E-state index contributed by atoms with van der Waals surface area (Å²) in [4.78, 5) is 14.3. The van der Waals surface area contributed by atoms with Gasteiger partial charge in [-0.05, 0) is 26.7 Å². The predicted molar refractivity (Wildman–Crippen MR) is 53.3 cm³/mol. The van der Waals surface area contributed by atoms with Crippen molar-refractivity contribution in [3.63, 3.8) is 0 Å². The summed E-state index contributed by atoms with van der Waals surface area (Å²) >= 11 is 0. The predicted octanol–water partition coefficient (Wildman–Crippen LogP) is 2.85. The fourth-order valence-electron chi connectivity index (χ4n) is 2.33. The molecule has 1 aliphatic carbocycles. The van der Waals surface area contributed by atoms with Gasteiger partial charge in [-0.3, -0.25) is 0 Å². The maximum atomic E-state index is 10.3. The van der Waals surface area contributed by atoms with Gasteiger partial charge in [-0.15, -0.1) is 0 Å². The number of carbonyl (C=O) groups excluding carboxylic acids is 1. The first kappa shape index (κ1) is 10.2. The van der Waals surface area contributed by atoms with Gasteiger partial charge < -0.3 is 0 Å². The number of aliphatic imine (C=N–C) groups is 1. The van der Waals surface area contributed by atoms with Crippen molar-refractivity contribution in [1.82, 2.24) is 0 Å². The van der Waals surface area contributed by atoms with Crippen LogP contribution in [0.1, 0.15) is 39.5 Å². The molecule has 0 aliphatic heterocycles. The van der Waals surface area contributed by atoms with Crippen molar-refractivity contribution in [2.24, 2.45) is 10.9 Å². The Morgan fingerprint density at radius 1 is 1.62 bits per heavy atom. The third-order valence-electron chi connectivity index (χ3n) is 3.07. The van der Waals surface area contributed by atoms with Crippen LogP contribution >= 0.6 is 0 Å². The van der Waals surface area contributed by atoms with Crippen LogP contribution in [0.15, 0.2) is 17.1 Å². The van der Waals surface area contributed by atoms with E-state index in [4.69, 9.17) is 0 Å². The van der Waals surface area contributed by atoms with Crippen LogP contribution in [0.2, 0.25) is 0 Å². The summed E-state index contributed by atoms with van der Waals surface area (Å²) in [5, 5.41) is 0. The second-order valence-corrected chi connectivity index (χ2v) is 4.20. The van der Waals surface area contributed by atoms with E-state index in [9.17, 15) is 4.79 Å². The van der Waals surface area contributed by atoms with Crippen molar-refractivity contribution < 1.29 is 4.79 Å². The lowest BCUT2D eigenvalue weighted by atomic mass is 9.71. The Balaban J connectivity index is 2.89. The van der Waals surface area contributed by atoms with Gasteiger partial charge in [0.2, 0.25) is 6.08 Å².